The van der Waals surface area contributed by atoms with Crippen LogP contribution in [0.2, 0.25) is 0 Å². The Labute approximate surface area is 143 Å². The summed E-state index contributed by atoms with van der Waals surface area (Å²) >= 11 is 0. The number of amides is 2. The Morgan fingerprint density at radius 1 is 0.917 bits per heavy atom. The van der Waals surface area contributed by atoms with Crippen LogP contribution in [0.25, 0.3) is 0 Å². The van der Waals surface area contributed by atoms with Crippen molar-refractivity contribution in [2.75, 3.05) is 51.5 Å². The number of carbonyl (C=O) groups excluding carboxylic acids is 2. The van der Waals surface area contributed by atoms with Gasteiger partial charge < -0.3 is 15.5 Å². The fourth-order valence-electron chi connectivity index (χ4n) is 3.40. The number of hydrogen-bond donors (Lipinski definition) is 1. The van der Waals surface area contributed by atoms with Crippen molar-refractivity contribution in [1.29, 1.82) is 0 Å². The zero-order valence-corrected chi connectivity index (χ0v) is 14.1. The summed E-state index contributed by atoms with van der Waals surface area (Å²) in [5.41, 5.74) is 6.99. The molecule has 2 heterocycles. The molecular weight excluding hydrogens is 304 g/mol. The van der Waals surface area contributed by atoms with E-state index in [1.165, 1.54) is 6.42 Å². The third-order valence-corrected chi connectivity index (χ3v) is 4.86. The zero-order chi connectivity index (χ0) is 16.9. The fraction of sp³-hybridized carbons (Fsp3) is 0.556. The number of piperazine rings is 1. The molecule has 0 unspecified atom stereocenters. The average molecular weight is 330 g/mol. The number of nitrogens with two attached hydrogens (primary N) is 1. The van der Waals surface area contributed by atoms with Crippen molar-refractivity contribution in [3.8, 4) is 0 Å². The van der Waals surface area contributed by atoms with Crippen LogP contribution in [-0.4, -0.2) is 72.3 Å². The van der Waals surface area contributed by atoms with Crippen LogP contribution >= 0.6 is 0 Å². The molecule has 2 N–H and O–H groups in total. The van der Waals surface area contributed by atoms with Gasteiger partial charge in [-0.15, -0.1) is 0 Å². The molecule has 130 valence electrons. The molecular formula is C18H26N4O2. The lowest BCUT2D eigenvalue weighted by Gasteiger charge is -2.36. The van der Waals surface area contributed by atoms with Crippen LogP contribution in [0, 0.1) is 0 Å². The molecule has 2 aliphatic rings. The summed E-state index contributed by atoms with van der Waals surface area (Å²) in [6, 6.07) is 7.09. The van der Waals surface area contributed by atoms with Gasteiger partial charge in [-0.25, -0.2) is 0 Å². The molecule has 24 heavy (non-hydrogen) atoms. The number of anilines is 1. The zero-order valence-electron chi connectivity index (χ0n) is 14.1. The quantitative estimate of drug-likeness (QED) is 0.841. The highest BCUT2D eigenvalue weighted by Gasteiger charge is 2.25. The fourth-order valence-corrected chi connectivity index (χ4v) is 3.40. The molecule has 2 aliphatic heterocycles. The molecule has 6 nitrogen and oxygen atoms in total. The van der Waals surface area contributed by atoms with E-state index in [9.17, 15) is 9.59 Å². The van der Waals surface area contributed by atoms with Crippen LogP contribution in [0.15, 0.2) is 24.3 Å². The van der Waals surface area contributed by atoms with Crippen molar-refractivity contribution in [2.24, 2.45) is 0 Å². The summed E-state index contributed by atoms with van der Waals surface area (Å²) in [4.78, 5) is 30.8. The first-order valence-electron chi connectivity index (χ1n) is 8.78. The summed E-state index contributed by atoms with van der Waals surface area (Å²) in [6.45, 7) is 5.06. The first-order chi connectivity index (χ1) is 11.6. The highest BCUT2D eigenvalue weighted by atomic mass is 16.2. The number of hydrogen-bond acceptors (Lipinski definition) is 4. The monoisotopic (exact) mass is 330 g/mol. The Morgan fingerprint density at radius 2 is 1.62 bits per heavy atom. The molecule has 1 aromatic carbocycles. The molecule has 0 spiro atoms. The molecule has 0 bridgehead atoms. The Bertz CT molecular complexity index is 590. The van der Waals surface area contributed by atoms with Crippen LogP contribution in [0.1, 0.15) is 29.6 Å². The molecule has 0 radical (unpaired) electrons. The van der Waals surface area contributed by atoms with Crippen molar-refractivity contribution >= 4 is 17.5 Å². The molecule has 3 rings (SSSR count). The van der Waals surface area contributed by atoms with Crippen molar-refractivity contribution in [3.05, 3.63) is 29.8 Å². The second-order valence-corrected chi connectivity index (χ2v) is 6.64. The van der Waals surface area contributed by atoms with E-state index < -0.39 is 0 Å². The van der Waals surface area contributed by atoms with Crippen LogP contribution < -0.4 is 5.73 Å². The van der Waals surface area contributed by atoms with E-state index in [1.807, 2.05) is 9.80 Å². The van der Waals surface area contributed by atoms with E-state index in [0.29, 0.717) is 30.9 Å². The Hall–Kier alpha value is -2.08. The van der Waals surface area contributed by atoms with Gasteiger partial charge in [-0.2, -0.15) is 0 Å². The summed E-state index contributed by atoms with van der Waals surface area (Å²) in [5.74, 6) is 0.245. The summed E-state index contributed by atoms with van der Waals surface area (Å²) in [5, 5.41) is 0. The summed E-state index contributed by atoms with van der Waals surface area (Å²) in [6.07, 6.45) is 3.47. The normalized spacial score (nSPS) is 19.3. The van der Waals surface area contributed by atoms with Gasteiger partial charge in [0.15, 0.2) is 0 Å². The van der Waals surface area contributed by atoms with Gasteiger partial charge in [-0.3, -0.25) is 14.5 Å². The summed E-state index contributed by atoms with van der Waals surface area (Å²) in [7, 11) is 0. The van der Waals surface area contributed by atoms with E-state index >= 15 is 0 Å². The maximum atomic E-state index is 12.5. The first kappa shape index (κ1) is 16.8. The second kappa shape index (κ2) is 7.66. The van der Waals surface area contributed by atoms with E-state index in [2.05, 4.69) is 4.90 Å². The van der Waals surface area contributed by atoms with Gasteiger partial charge in [0.25, 0.3) is 5.91 Å². The number of carbonyl (C=O) groups is 2. The number of likely N-dealkylation sites (tertiary alicyclic amines) is 1. The van der Waals surface area contributed by atoms with E-state index in [0.717, 1.165) is 39.0 Å². The molecule has 2 amide bonds. The van der Waals surface area contributed by atoms with Gasteiger partial charge in [0, 0.05) is 50.5 Å². The topological polar surface area (TPSA) is 69.9 Å². The minimum Gasteiger partial charge on any atom is -0.399 e. The molecule has 6 heteroatoms. The van der Waals surface area contributed by atoms with Crippen LogP contribution in [0.3, 0.4) is 0 Å². The average Bonchev–Trinajstić information content (AvgIpc) is 2.62. The van der Waals surface area contributed by atoms with Crippen LogP contribution in [0.4, 0.5) is 5.69 Å². The molecule has 0 atom stereocenters. The number of nitrogens with zero attached hydrogens (tertiary/aromatic N) is 3. The number of nitrogen functional groups attached to an aromatic ring is 1. The SMILES string of the molecule is Nc1cccc(C(=O)N2CCN(CC(=O)N3CCCCC3)CC2)c1. The number of rotatable bonds is 3. The lowest BCUT2D eigenvalue weighted by Crippen LogP contribution is -2.52. The predicted octanol–water partition coefficient (Wildman–Crippen LogP) is 1.04. The van der Waals surface area contributed by atoms with Gasteiger partial charge in [0.2, 0.25) is 5.91 Å². The molecule has 0 aromatic heterocycles. The van der Waals surface area contributed by atoms with Crippen molar-refractivity contribution < 1.29 is 9.59 Å². The van der Waals surface area contributed by atoms with Gasteiger partial charge in [-0.05, 0) is 37.5 Å². The van der Waals surface area contributed by atoms with Crippen molar-refractivity contribution in [2.45, 2.75) is 19.3 Å². The van der Waals surface area contributed by atoms with E-state index in [1.54, 1.807) is 24.3 Å². The first-order valence-corrected chi connectivity index (χ1v) is 8.78. The second-order valence-electron chi connectivity index (χ2n) is 6.64. The molecule has 1 aromatic rings. The Balaban J connectivity index is 1.48. The Kier molecular flexibility index (Phi) is 5.35. The molecule has 0 aliphatic carbocycles. The maximum absolute atomic E-state index is 12.5. The van der Waals surface area contributed by atoms with E-state index in [-0.39, 0.29) is 11.8 Å². The van der Waals surface area contributed by atoms with Crippen LogP contribution in [-0.2, 0) is 4.79 Å². The predicted molar refractivity (Wildman–Crippen MR) is 93.6 cm³/mol. The van der Waals surface area contributed by atoms with Gasteiger partial charge >= 0.3 is 0 Å². The largest absolute Gasteiger partial charge is 0.399 e. The standard InChI is InChI=1S/C18H26N4O2/c19-16-6-4-5-15(13-16)18(24)22-11-9-20(10-12-22)14-17(23)21-7-2-1-3-8-21/h4-6,13H,1-3,7-12,14,19H2. The highest BCUT2D eigenvalue weighted by Crippen LogP contribution is 2.13. The minimum atomic E-state index is 0.0179. The van der Waals surface area contributed by atoms with Gasteiger partial charge in [-0.1, -0.05) is 6.07 Å². The number of benzene rings is 1. The van der Waals surface area contributed by atoms with Crippen LogP contribution in [0.5, 0.6) is 0 Å². The number of piperidine rings is 1. The molecule has 2 saturated heterocycles. The third kappa shape index (κ3) is 4.06. The van der Waals surface area contributed by atoms with E-state index in [4.69, 9.17) is 5.73 Å². The van der Waals surface area contributed by atoms with Crippen molar-refractivity contribution in [1.82, 2.24) is 14.7 Å². The summed E-state index contributed by atoms with van der Waals surface area (Å²) < 4.78 is 0. The molecule has 0 saturated carbocycles. The van der Waals surface area contributed by atoms with Gasteiger partial charge in [0.05, 0.1) is 6.54 Å². The maximum Gasteiger partial charge on any atom is 0.254 e. The smallest absolute Gasteiger partial charge is 0.254 e. The lowest BCUT2D eigenvalue weighted by atomic mass is 10.1. The highest BCUT2D eigenvalue weighted by molar-refractivity contribution is 5.95. The van der Waals surface area contributed by atoms with Crippen molar-refractivity contribution in [3.63, 3.8) is 0 Å². The molecule has 2 fully saturated rings. The lowest BCUT2D eigenvalue weighted by molar-refractivity contribution is -0.133. The van der Waals surface area contributed by atoms with Gasteiger partial charge in [0.1, 0.15) is 0 Å². The Morgan fingerprint density at radius 3 is 2.29 bits per heavy atom. The third-order valence-electron chi connectivity index (χ3n) is 4.86. The minimum absolute atomic E-state index is 0.0179.